The van der Waals surface area contributed by atoms with Gasteiger partial charge in [-0.25, -0.2) is 9.59 Å². The van der Waals surface area contributed by atoms with Crippen molar-refractivity contribution in [2.45, 2.75) is 6.04 Å². The van der Waals surface area contributed by atoms with E-state index in [4.69, 9.17) is 4.74 Å². The summed E-state index contributed by atoms with van der Waals surface area (Å²) >= 11 is 0. The fraction of sp³-hybridized carbons (Fsp3) is 0.273. The Labute approximate surface area is 92.8 Å². The van der Waals surface area contributed by atoms with Crippen LogP contribution in [0.3, 0.4) is 0 Å². The fourth-order valence-electron chi connectivity index (χ4n) is 1.44. The normalized spacial score (nSPS) is 18.8. The highest BCUT2D eigenvalue weighted by Gasteiger charge is 2.21. The van der Waals surface area contributed by atoms with E-state index in [1.807, 2.05) is 6.07 Å². The van der Waals surface area contributed by atoms with Crippen molar-refractivity contribution in [2.75, 3.05) is 13.2 Å². The quantitative estimate of drug-likeness (QED) is 0.730. The minimum Gasteiger partial charge on any atom is -0.460 e. The Kier molecular flexibility index (Phi) is 3.05. The number of ether oxygens (including phenoxy) is 1. The van der Waals surface area contributed by atoms with Crippen LogP contribution in [0.2, 0.25) is 0 Å². The first-order valence-electron chi connectivity index (χ1n) is 5.02. The molecular weight excluding hydrogens is 208 g/mol. The number of carbonyl (C=O) groups excluding carboxylic acids is 2. The SMILES string of the molecule is O=C1NCC(COC(=O)c2ccccc2)N1. The highest BCUT2D eigenvalue weighted by Crippen LogP contribution is 2.02. The van der Waals surface area contributed by atoms with Gasteiger partial charge >= 0.3 is 12.0 Å². The zero-order chi connectivity index (χ0) is 11.4. The molecule has 2 amide bonds. The third kappa shape index (κ3) is 2.50. The molecule has 0 bridgehead atoms. The van der Waals surface area contributed by atoms with Gasteiger partial charge < -0.3 is 15.4 Å². The Morgan fingerprint density at radius 1 is 1.38 bits per heavy atom. The number of hydrogen-bond acceptors (Lipinski definition) is 3. The molecule has 1 unspecified atom stereocenters. The zero-order valence-corrected chi connectivity index (χ0v) is 8.60. The molecular formula is C11H12N2O3. The van der Waals surface area contributed by atoms with Crippen molar-refractivity contribution in [2.24, 2.45) is 0 Å². The van der Waals surface area contributed by atoms with Crippen molar-refractivity contribution >= 4 is 12.0 Å². The molecule has 0 saturated carbocycles. The van der Waals surface area contributed by atoms with Crippen LogP contribution >= 0.6 is 0 Å². The lowest BCUT2D eigenvalue weighted by molar-refractivity contribution is 0.0479. The van der Waals surface area contributed by atoms with E-state index < -0.39 is 0 Å². The van der Waals surface area contributed by atoms with Gasteiger partial charge in [-0.05, 0) is 12.1 Å². The van der Waals surface area contributed by atoms with Crippen LogP contribution in [0.25, 0.3) is 0 Å². The lowest BCUT2D eigenvalue weighted by Gasteiger charge is -2.09. The molecule has 1 aromatic carbocycles. The molecule has 1 aromatic rings. The van der Waals surface area contributed by atoms with Crippen molar-refractivity contribution in [3.8, 4) is 0 Å². The van der Waals surface area contributed by atoms with Gasteiger partial charge in [0.15, 0.2) is 0 Å². The molecule has 16 heavy (non-hydrogen) atoms. The predicted octanol–water partition coefficient (Wildman–Crippen LogP) is 0.525. The standard InChI is InChI=1S/C11H12N2O3/c14-10(8-4-2-1-3-5-8)16-7-9-6-12-11(15)13-9/h1-5,9H,6-7H2,(H2,12,13,15). The van der Waals surface area contributed by atoms with Crippen LogP contribution in [-0.2, 0) is 4.74 Å². The number of amides is 2. The van der Waals surface area contributed by atoms with Crippen molar-refractivity contribution in [3.05, 3.63) is 35.9 Å². The minimum absolute atomic E-state index is 0.139. The van der Waals surface area contributed by atoms with Crippen LogP contribution in [0, 0.1) is 0 Å². The highest BCUT2D eigenvalue weighted by molar-refractivity contribution is 5.89. The summed E-state index contributed by atoms with van der Waals surface area (Å²) in [7, 11) is 0. The molecule has 1 atom stereocenters. The topological polar surface area (TPSA) is 67.4 Å². The summed E-state index contributed by atoms with van der Waals surface area (Å²) in [5.41, 5.74) is 0.514. The van der Waals surface area contributed by atoms with Crippen LogP contribution < -0.4 is 10.6 Å². The molecule has 0 aliphatic carbocycles. The summed E-state index contributed by atoms with van der Waals surface area (Å²) in [5.74, 6) is -0.373. The van der Waals surface area contributed by atoms with Crippen LogP contribution in [0.4, 0.5) is 4.79 Å². The van der Waals surface area contributed by atoms with Crippen LogP contribution in [0.5, 0.6) is 0 Å². The Morgan fingerprint density at radius 2 is 2.12 bits per heavy atom. The average molecular weight is 220 g/mol. The van der Waals surface area contributed by atoms with Gasteiger partial charge in [0.2, 0.25) is 0 Å². The molecule has 2 N–H and O–H groups in total. The van der Waals surface area contributed by atoms with E-state index in [0.29, 0.717) is 12.1 Å². The number of nitrogens with one attached hydrogen (secondary N) is 2. The molecule has 1 aliphatic heterocycles. The first-order chi connectivity index (χ1) is 7.75. The van der Waals surface area contributed by atoms with Gasteiger partial charge in [-0.3, -0.25) is 0 Å². The predicted molar refractivity (Wildman–Crippen MR) is 57.0 cm³/mol. The first kappa shape index (κ1) is 10.5. The van der Waals surface area contributed by atoms with Gasteiger partial charge in [-0.2, -0.15) is 0 Å². The van der Waals surface area contributed by atoms with Crippen molar-refractivity contribution in [1.29, 1.82) is 0 Å². The number of benzene rings is 1. The lowest BCUT2D eigenvalue weighted by atomic mass is 10.2. The monoisotopic (exact) mass is 220 g/mol. The Morgan fingerprint density at radius 3 is 2.75 bits per heavy atom. The summed E-state index contributed by atoms with van der Waals surface area (Å²) in [6.45, 7) is 0.674. The number of carbonyl (C=O) groups is 2. The van der Waals surface area contributed by atoms with Gasteiger partial charge in [0, 0.05) is 6.54 Å². The van der Waals surface area contributed by atoms with E-state index in [1.165, 1.54) is 0 Å². The fourth-order valence-corrected chi connectivity index (χ4v) is 1.44. The van der Waals surface area contributed by atoms with E-state index in [2.05, 4.69) is 10.6 Å². The van der Waals surface area contributed by atoms with Gasteiger partial charge in [-0.15, -0.1) is 0 Å². The zero-order valence-electron chi connectivity index (χ0n) is 8.60. The van der Waals surface area contributed by atoms with Crippen LogP contribution in [-0.4, -0.2) is 31.2 Å². The molecule has 5 nitrogen and oxygen atoms in total. The summed E-state index contributed by atoms with van der Waals surface area (Å²) in [5, 5.41) is 5.23. The Bertz CT molecular complexity index is 391. The Balaban J connectivity index is 1.82. The second-order valence-electron chi connectivity index (χ2n) is 3.52. The summed E-state index contributed by atoms with van der Waals surface area (Å²) < 4.78 is 5.07. The minimum atomic E-state index is -0.373. The summed E-state index contributed by atoms with van der Waals surface area (Å²) in [6.07, 6.45) is 0. The number of urea groups is 1. The van der Waals surface area contributed by atoms with Gasteiger partial charge in [0.05, 0.1) is 11.6 Å². The molecule has 1 fully saturated rings. The maximum Gasteiger partial charge on any atom is 0.338 e. The third-order valence-corrected chi connectivity index (χ3v) is 2.27. The van der Waals surface area contributed by atoms with E-state index in [1.54, 1.807) is 24.3 Å². The molecule has 84 valence electrons. The van der Waals surface area contributed by atoms with Gasteiger partial charge in [0.25, 0.3) is 0 Å². The highest BCUT2D eigenvalue weighted by atomic mass is 16.5. The third-order valence-electron chi connectivity index (χ3n) is 2.27. The first-order valence-corrected chi connectivity index (χ1v) is 5.02. The maximum absolute atomic E-state index is 11.5. The molecule has 0 radical (unpaired) electrons. The molecule has 1 aliphatic rings. The van der Waals surface area contributed by atoms with E-state index in [9.17, 15) is 9.59 Å². The molecule has 1 heterocycles. The van der Waals surface area contributed by atoms with Crippen molar-refractivity contribution in [1.82, 2.24) is 10.6 Å². The van der Waals surface area contributed by atoms with Gasteiger partial charge in [0.1, 0.15) is 6.61 Å². The lowest BCUT2D eigenvalue weighted by Crippen LogP contribution is -2.31. The second kappa shape index (κ2) is 4.65. The van der Waals surface area contributed by atoms with Crippen molar-refractivity contribution < 1.29 is 14.3 Å². The molecule has 0 aromatic heterocycles. The van der Waals surface area contributed by atoms with Crippen LogP contribution in [0.15, 0.2) is 30.3 Å². The maximum atomic E-state index is 11.5. The van der Waals surface area contributed by atoms with E-state index in [-0.39, 0.29) is 24.6 Å². The number of hydrogen-bond donors (Lipinski definition) is 2. The second-order valence-corrected chi connectivity index (χ2v) is 3.52. The van der Waals surface area contributed by atoms with Crippen molar-refractivity contribution in [3.63, 3.8) is 0 Å². The smallest absolute Gasteiger partial charge is 0.338 e. The molecule has 1 saturated heterocycles. The van der Waals surface area contributed by atoms with Gasteiger partial charge in [-0.1, -0.05) is 18.2 Å². The molecule has 5 heteroatoms. The summed E-state index contributed by atoms with van der Waals surface area (Å²) in [4.78, 5) is 22.3. The molecule has 0 spiro atoms. The number of esters is 1. The Hall–Kier alpha value is -2.04. The van der Waals surface area contributed by atoms with E-state index in [0.717, 1.165) is 0 Å². The van der Waals surface area contributed by atoms with E-state index >= 15 is 0 Å². The average Bonchev–Trinajstić information content (AvgIpc) is 2.73. The molecule has 2 rings (SSSR count). The number of rotatable bonds is 3. The van der Waals surface area contributed by atoms with Crippen LogP contribution in [0.1, 0.15) is 10.4 Å². The largest absolute Gasteiger partial charge is 0.460 e. The summed E-state index contributed by atoms with van der Waals surface area (Å²) in [6, 6.07) is 8.39.